The number of thioether (sulfide) groups is 1. The largest absolute Gasteiger partial charge is 0.480 e. The first-order valence-electron chi connectivity index (χ1n) is 4.71. The summed E-state index contributed by atoms with van der Waals surface area (Å²) in [7, 11) is -2.90. The van der Waals surface area contributed by atoms with Crippen LogP contribution in [0, 0.1) is 0 Å². The molecule has 1 aliphatic heterocycles. The minimum Gasteiger partial charge on any atom is -0.480 e. The molecule has 9 heteroatoms. The van der Waals surface area contributed by atoms with E-state index >= 15 is 0 Å². The summed E-state index contributed by atoms with van der Waals surface area (Å²) >= 11 is 1.20. The maximum absolute atomic E-state index is 12.0. The highest BCUT2D eigenvalue weighted by Crippen LogP contribution is 2.26. The van der Waals surface area contributed by atoms with Gasteiger partial charge in [-0.15, -0.1) is 11.8 Å². The topological polar surface area (TPSA) is 101 Å². The zero-order valence-electron chi connectivity index (χ0n) is 9.32. The maximum Gasteiger partial charge on any atom is 0.325 e. The van der Waals surface area contributed by atoms with Crippen molar-refractivity contribution in [2.75, 3.05) is 18.7 Å². The second-order valence-electron chi connectivity index (χ2n) is 3.45. The summed E-state index contributed by atoms with van der Waals surface area (Å²) in [6, 6.07) is -1.11. The zero-order chi connectivity index (χ0) is 13.2. The number of rotatable bonds is 4. The van der Waals surface area contributed by atoms with Gasteiger partial charge in [-0.1, -0.05) is 0 Å². The third-order valence-corrected chi connectivity index (χ3v) is 5.73. The number of methoxy groups -OCH3 is 1. The SMILES string of the molecule is COC(=O)C(C)S(=O)(=O)N1CSC[C@H]1C(=O)O. The molecule has 0 bridgehead atoms. The zero-order valence-corrected chi connectivity index (χ0v) is 11.0. The Morgan fingerprint density at radius 1 is 1.53 bits per heavy atom. The van der Waals surface area contributed by atoms with Crippen LogP contribution in [0.5, 0.6) is 0 Å². The van der Waals surface area contributed by atoms with Gasteiger partial charge in [-0.25, -0.2) is 8.42 Å². The van der Waals surface area contributed by atoms with Crippen LogP contribution >= 0.6 is 11.8 Å². The lowest BCUT2D eigenvalue weighted by atomic mass is 10.4. The fourth-order valence-electron chi connectivity index (χ4n) is 1.36. The van der Waals surface area contributed by atoms with Gasteiger partial charge in [0.2, 0.25) is 10.0 Å². The van der Waals surface area contributed by atoms with Gasteiger partial charge in [0.25, 0.3) is 0 Å². The second kappa shape index (κ2) is 5.23. The van der Waals surface area contributed by atoms with Crippen molar-refractivity contribution in [3.63, 3.8) is 0 Å². The van der Waals surface area contributed by atoms with E-state index in [1.165, 1.54) is 18.7 Å². The van der Waals surface area contributed by atoms with E-state index in [2.05, 4.69) is 4.74 Å². The van der Waals surface area contributed by atoms with Crippen molar-refractivity contribution < 1.29 is 27.9 Å². The molecule has 1 fully saturated rings. The van der Waals surface area contributed by atoms with Crippen molar-refractivity contribution in [3.8, 4) is 0 Å². The molecule has 17 heavy (non-hydrogen) atoms. The van der Waals surface area contributed by atoms with Crippen molar-refractivity contribution in [1.29, 1.82) is 0 Å². The predicted octanol–water partition coefficient (Wildman–Crippen LogP) is -0.663. The summed E-state index contributed by atoms with van der Waals surface area (Å²) in [6.45, 7) is 1.18. The van der Waals surface area contributed by atoms with Gasteiger partial charge >= 0.3 is 11.9 Å². The Morgan fingerprint density at radius 2 is 2.12 bits per heavy atom. The lowest BCUT2D eigenvalue weighted by Crippen LogP contribution is -2.47. The quantitative estimate of drug-likeness (QED) is 0.683. The lowest BCUT2D eigenvalue weighted by molar-refractivity contribution is -0.141. The Kier molecular flexibility index (Phi) is 4.39. The molecule has 0 aromatic rings. The summed E-state index contributed by atoms with van der Waals surface area (Å²) in [4.78, 5) is 22.1. The number of sulfonamides is 1. The summed E-state index contributed by atoms with van der Waals surface area (Å²) in [5.74, 6) is -1.88. The normalized spacial score (nSPS) is 23.3. The Bertz CT molecular complexity index is 420. The van der Waals surface area contributed by atoms with Crippen LogP contribution in [0.4, 0.5) is 0 Å². The molecule has 1 N–H and O–H groups in total. The molecule has 1 rings (SSSR count). The number of esters is 1. The highest BCUT2D eigenvalue weighted by Gasteiger charge is 2.44. The van der Waals surface area contributed by atoms with Crippen LogP contribution in [0.25, 0.3) is 0 Å². The van der Waals surface area contributed by atoms with E-state index in [0.717, 1.165) is 11.4 Å². The number of ether oxygens (including phenoxy) is 1. The van der Waals surface area contributed by atoms with Gasteiger partial charge in [-0.2, -0.15) is 4.31 Å². The minimum absolute atomic E-state index is 0.0423. The van der Waals surface area contributed by atoms with Crippen molar-refractivity contribution in [2.24, 2.45) is 0 Å². The highest BCUT2D eigenvalue weighted by molar-refractivity contribution is 8.00. The molecule has 0 spiro atoms. The molecule has 2 atom stereocenters. The van der Waals surface area contributed by atoms with Crippen LogP contribution in [-0.2, 0) is 24.3 Å². The number of hydrogen-bond donors (Lipinski definition) is 1. The molecule has 0 aromatic carbocycles. The van der Waals surface area contributed by atoms with Gasteiger partial charge in [0.05, 0.1) is 13.0 Å². The molecule has 0 radical (unpaired) electrons. The van der Waals surface area contributed by atoms with E-state index in [1.807, 2.05) is 0 Å². The van der Waals surface area contributed by atoms with Gasteiger partial charge in [-0.05, 0) is 6.92 Å². The first kappa shape index (κ1) is 14.3. The van der Waals surface area contributed by atoms with E-state index in [1.54, 1.807) is 0 Å². The molecule has 1 saturated heterocycles. The van der Waals surface area contributed by atoms with E-state index in [9.17, 15) is 18.0 Å². The first-order valence-corrected chi connectivity index (χ1v) is 7.37. The van der Waals surface area contributed by atoms with Crippen molar-refractivity contribution in [3.05, 3.63) is 0 Å². The molecular formula is C8H13NO6S2. The van der Waals surface area contributed by atoms with E-state index < -0.39 is 33.3 Å². The van der Waals surface area contributed by atoms with Crippen LogP contribution < -0.4 is 0 Å². The van der Waals surface area contributed by atoms with Crippen LogP contribution in [-0.4, -0.2) is 59.8 Å². The van der Waals surface area contributed by atoms with Gasteiger partial charge in [-0.3, -0.25) is 9.59 Å². The average Bonchev–Trinajstić information content (AvgIpc) is 2.76. The summed E-state index contributed by atoms with van der Waals surface area (Å²) in [5.41, 5.74) is 0. The third-order valence-electron chi connectivity index (χ3n) is 2.43. The smallest absolute Gasteiger partial charge is 0.325 e. The maximum atomic E-state index is 12.0. The number of carboxylic acid groups (broad SMARTS) is 1. The standard InChI is InChI=1S/C8H13NO6S2/c1-5(8(12)15-2)17(13,14)9-4-16-3-6(9)7(10)11/h5-6H,3-4H2,1-2H3,(H,10,11)/t5?,6-/m0/s1. The average molecular weight is 283 g/mol. The van der Waals surface area contributed by atoms with Gasteiger partial charge < -0.3 is 9.84 Å². The van der Waals surface area contributed by atoms with E-state index in [0.29, 0.717) is 0 Å². The third kappa shape index (κ3) is 2.72. The van der Waals surface area contributed by atoms with E-state index in [4.69, 9.17) is 5.11 Å². The second-order valence-corrected chi connectivity index (χ2v) is 6.66. The van der Waals surface area contributed by atoms with Crippen LogP contribution in [0.2, 0.25) is 0 Å². The van der Waals surface area contributed by atoms with Gasteiger partial charge in [0, 0.05) is 5.75 Å². The van der Waals surface area contributed by atoms with Crippen LogP contribution in [0.15, 0.2) is 0 Å². The van der Waals surface area contributed by atoms with Gasteiger partial charge in [0.1, 0.15) is 6.04 Å². The molecular weight excluding hydrogens is 270 g/mol. The van der Waals surface area contributed by atoms with E-state index in [-0.39, 0.29) is 11.6 Å². The summed E-state index contributed by atoms with van der Waals surface area (Å²) in [5, 5.41) is 7.49. The Labute approximate surface area is 103 Å². The molecule has 0 aliphatic carbocycles. The molecule has 1 unspecified atom stereocenters. The fourth-order valence-corrected chi connectivity index (χ4v) is 4.55. The Hall–Kier alpha value is -0.800. The van der Waals surface area contributed by atoms with Gasteiger partial charge in [0.15, 0.2) is 5.25 Å². The number of carbonyl (C=O) groups is 2. The lowest BCUT2D eigenvalue weighted by Gasteiger charge is -2.22. The Balaban J connectivity index is 2.98. The highest BCUT2D eigenvalue weighted by atomic mass is 32.2. The van der Waals surface area contributed by atoms with Crippen LogP contribution in [0.3, 0.4) is 0 Å². The van der Waals surface area contributed by atoms with Crippen LogP contribution in [0.1, 0.15) is 6.92 Å². The molecule has 0 amide bonds. The van der Waals surface area contributed by atoms with Crippen molar-refractivity contribution in [1.82, 2.24) is 4.31 Å². The van der Waals surface area contributed by atoms with Crippen molar-refractivity contribution >= 4 is 33.7 Å². The number of nitrogens with zero attached hydrogens (tertiary/aromatic N) is 1. The predicted molar refractivity (Wildman–Crippen MR) is 61.0 cm³/mol. The number of carboxylic acids is 1. The Morgan fingerprint density at radius 3 is 2.59 bits per heavy atom. The molecule has 1 heterocycles. The summed E-state index contributed by atoms with van der Waals surface area (Å²) in [6.07, 6.45) is 0. The van der Waals surface area contributed by atoms with Crippen molar-refractivity contribution in [2.45, 2.75) is 18.2 Å². The fraction of sp³-hybridized carbons (Fsp3) is 0.750. The molecule has 7 nitrogen and oxygen atoms in total. The first-order chi connectivity index (χ1) is 7.82. The summed E-state index contributed by atoms with van der Waals surface area (Å²) < 4.78 is 29.2. The molecule has 1 aliphatic rings. The minimum atomic E-state index is -3.99. The monoisotopic (exact) mass is 283 g/mol. The number of carbonyl (C=O) groups excluding carboxylic acids is 1. The molecule has 98 valence electrons. The molecule has 0 saturated carbocycles. The molecule has 0 aromatic heterocycles. The number of aliphatic carboxylic acids is 1. The number of hydrogen-bond acceptors (Lipinski definition) is 6.